The van der Waals surface area contributed by atoms with Crippen LogP contribution in [0.4, 0.5) is 11.4 Å². The zero-order valence-corrected chi connectivity index (χ0v) is 21.4. The summed E-state index contributed by atoms with van der Waals surface area (Å²) in [5, 5.41) is 12.2. The van der Waals surface area contributed by atoms with Gasteiger partial charge in [-0.15, -0.1) is 0 Å². The van der Waals surface area contributed by atoms with Gasteiger partial charge in [0.1, 0.15) is 5.69 Å². The second-order valence-electron chi connectivity index (χ2n) is 9.48. The van der Waals surface area contributed by atoms with Crippen molar-refractivity contribution < 1.29 is 22.7 Å². The van der Waals surface area contributed by atoms with E-state index in [4.69, 9.17) is 11.6 Å². The number of benzene rings is 2. The number of nitrogens with zero attached hydrogens (tertiary/aromatic N) is 2. The third-order valence-electron chi connectivity index (χ3n) is 5.89. The average Bonchev–Trinajstić information content (AvgIpc) is 3.03. The summed E-state index contributed by atoms with van der Waals surface area (Å²) >= 11 is 6.26. The molecule has 0 unspecified atom stereocenters. The minimum Gasteiger partial charge on any atom is -0.618 e. The number of nitrogens with one attached hydrogen (secondary N) is 1. The van der Waals surface area contributed by atoms with Crippen LogP contribution in [0.2, 0.25) is 5.02 Å². The molecule has 0 fully saturated rings. The molecule has 35 heavy (non-hydrogen) atoms. The van der Waals surface area contributed by atoms with E-state index >= 15 is 0 Å². The van der Waals surface area contributed by atoms with E-state index in [9.17, 15) is 23.2 Å². The Kier molecular flexibility index (Phi) is 5.89. The molecule has 182 valence electrons. The maximum atomic E-state index is 13.4. The summed E-state index contributed by atoms with van der Waals surface area (Å²) in [7, 11) is -4.08. The third kappa shape index (κ3) is 4.26. The topological polar surface area (TPSA) is 110 Å². The summed E-state index contributed by atoms with van der Waals surface area (Å²) in [5.74, 6) is -1.51. The fourth-order valence-corrected chi connectivity index (χ4v) is 5.25. The summed E-state index contributed by atoms with van der Waals surface area (Å²) in [6.07, 6.45) is 1.33. The molecule has 2 amide bonds. The Balaban J connectivity index is 1.77. The van der Waals surface area contributed by atoms with Crippen LogP contribution in [0.3, 0.4) is 0 Å². The molecule has 10 heteroatoms. The highest BCUT2D eigenvalue weighted by Crippen LogP contribution is 2.38. The summed E-state index contributed by atoms with van der Waals surface area (Å²) in [6, 6.07) is 10.7. The number of hydrogen-bond acceptors (Lipinski definition) is 5. The fourth-order valence-electron chi connectivity index (χ4n) is 3.94. The lowest BCUT2D eigenvalue weighted by Crippen LogP contribution is -2.37. The maximum Gasteiger partial charge on any atom is 0.268 e. The van der Waals surface area contributed by atoms with E-state index in [1.165, 1.54) is 37.4 Å². The monoisotopic (exact) mass is 513 g/mol. The van der Waals surface area contributed by atoms with E-state index < -0.39 is 21.8 Å². The van der Waals surface area contributed by atoms with Gasteiger partial charge < -0.3 is 5.21 Å². The number of aryl methyl sites for hydroxylation is 1. The molecule has 1 aliphatic heterocycles. The number of halogens is 1. The Bertz CT molecular complexity index is 1490. The van der Waals surface area contributed by atoms with Gasteiger partial charge in [-0.1, -0.05) is 44.5 Å². The molecule has 0 saturated carbocycles. The maximum absolute atomic E-state index is 13.4. The van der Waals surface area contributed by atoms with Crippen molar-refractivity contribution in [2.45, 2.75) is 44.9 Å². The highest BCUT2D eigenvalue weighted by atomic mass is 35.5. The van der Waals surface area contributed by atoms with Gasteiger partial charge in [-0.25, -0.2) is 13.3 Å². The van der Waals surface area contributed by atoms with Crippen molar-refractivity contribution in [2.75, 3.05) is 9.62 Å². The van der Waals surface area contributed by atoms with Crippen LogP contribution in [-0.4, -0.2) is 20.2 Å². The van der Waals surface area contributed by atoms with Crippen molar-refractivity contribution >= 4 is 44.8 Å². The van der Waals surface area contributed by atoms with Crippen LogP contribution in [0, 0.1) is 19.1 Å². The molecule has 2 heterocycles. The average molecular weight is 514 g/mol. The SMILES string of the molecule is Cc1cc(N2C(=O)c3c(Cl)ccc(NS(=O)(=O)c4ccc(C(C)(C)C)cc4)c3C2=O)c(C)[n+]([O-])c1. The lowest BCUT2D eigenvalue weighted by atomic mass is 9.87. The summed E-state index contributed by atoms with van der Waals surface area (Å²) in [4.78, 5) is 27.5. The van der Waals surface area contributed by atoms with Crippen molar-refractivity contribution in [3.63, 3.8) is 0 Å². The van der Waals surface area contributed by atoms with Crippen molar-refractivity contribution in [2.24, 2.45) is 0 Å². The summed E-state index contributed by atoms with van der Waals surface area (Å²) < 4.78 is 29.3. The molecule has 0 spiro atoms. The van der Waals surface area contributed by atoms with Gasteiger partial charge >= 0.3 is 0 Å². The second kappa shape index (κ2) is 8.35. The molecule has 0 bridgehead atoms. The number of carbonyl (C=O) groups excluding carboxylic acids is 2. The third-order valence-corrected chi connectivity index (χ3v) is 7.59. The smallest absolute Gasteiger partial charge is 0.268 e. The van der Waals surface area contributed by atoms with Crippen LogP contribution in [0.5, 0.6) is 0 Å². The fraction of sp³-hybridized carbons (Fsp3) is 0.240. The van der Waals surface area contributed by atoms with E-state index in [-0.39, 0.29) is 43.5 Å². The quantitative estimate of drug-likeness (QED) is 0.314. The van der Waals surface area contributed by atoms with Crippen molar-refractivity contribution in [1.82, 2.24) is 0 Å². The lowest BCUT2D eigenvalue weighted by Gasteiger charge is -2.19. The Hall–Kier alpha value is -3.43. The molecule has 3 aromatic rings. The first kappa shape index (κ1) is 24.7. The van der Waals surface area contributed by atoms with Crippen LogP contribution in [-0.2, 0) is 15.4 Å². The minimum absolute atomic E-state index is 0.00126. The number of pyridine rings is 1. The van der Waals surface area contributed by atoms with Crippen LogP contribution >= 0.6 is 11.6 Å². The first-order valence-electron chi connectivity index (χ1n) is 10.8. The van der Waals surface area contributed by atoms with Crippen LogP contribution in [0.25, 0.3) is 0 Å². The van der Waals surface area contributed by atoms with Gasteiger partial charge in [-0.2, -0.15) is 4.73 Å². The number of hydrogen-bond donors (Lipinski definition) is 1. The molecule has 4 rings (SSSR count). The number of anilines is 2. The van der Waals surface area contributed by atoms with Gasteiger partial charge in [0.15, 0.2) is 6.20 Å². The van der Waals surface area contributed by atoms with E-state index in [2.05, 4.69) is 4.72 Å². The number of fused-ring (bicyclic) bond motifs is 1. The number of aromatic nitrogens is 1. The van der Waals surface area contributed by atoms with Gasteiger partial charge in [-0.05, 0) is 48.2 Å². The standard InChI is InChI=1S/C25H24ClN3O5S/c1-14-12-20(15(2)28(32)13-14)29-23(30)21-18(26)10-11-19(22(21)24(29)31)27-35(33,34)17-8-6-16(7-9-17)25(3,4)5/h6-13,27H,1-5H3. The molecular formula is C25H24ClN3O5S. The molecule has 8 nitrogen and oxygen atoms in total. The van der Waals surface area contributed by atoms with E-state index in [1.807, 2.05) is 20.8 Å². The van der Waals surface area contributed by atoms with Gasteiger partial charge in [0.2, 0.25) is 5.69 Å². The molecule has 2 aromatic carbocycles. The Labute approximate surface area is 208 Å². The van der Waals surface area contributed by atoms with Crippen LogP contribution in [0.1, 0.15) is 58.3 Å². The minimum atomic E-state index is -4.08. The van der Waals surface area contributed by atoms with Gasteiger partial charge in [0.25, 0.3) is 21.8 Å². The van der Waals surface area contributed by atoms with Gasteiger partial charge in [0, 0.05) is 12.5 Å². The summed E-state index contributed by atoms with van der Waals surface area (Å²) in [5.41, 5.74) is 1.22. The van der Waals surface area contributed by atoms with Crippen molar-refractivity contribution in [1.29, 1.82) is 0 Å². The van der Waals surface area contributed by atoms with Gasteiger partial charge in [0.05, 0.1) is 26.7 Å². The Morgan fingerprint density at radius 2 is 1.57 bits per heavy atom. The number of rotatable bonds is 4. The molecule has 0 aliphatic carbocycles. The number of sulfonamides is 1. The van der Waals surface area contributed by atoms with E-state index in [0.29, 0.717) is 10.3 Å². The lowest BCUT2D eigenvalue weighted by molar-refractivity contribution is -0.611. The largest absolute Gasteiger partial charge is 0.618 e. The van der Waals surface area contributed by atoms with E-state index in [1.54, 1.807) is 25.1 Å². The van der Waals surface area contributed by atoms with Crippen LogP contribution < -0.4 is 14.4 Å². The number of amides is 2. The van der Waals surface area contributed by atoms with Crippen molar-refractivity contribution in [3.05, 3.63) is 86.8 Å². The number of imide groups is 1. The molecule has 0 saturated heterocycles. The Morgan fingerprint density at radius 1 is 0.971 bits per heavy atom. The number of carbonyl (C=O) groups is 2. The summed E-state index contributed by atoms with van der Waals surface area (Å²) in [6.45, 7) is 9.20. The second-order valence-corrected chi connectivity index (χ2v) is 11.6. The molecule has 0 atom stereocenters. The highest BCUT2D eigenvalue weighted by molar-refractivity contribution is 7.92. The molecule has 1 N–H and O–H groups in total. The normalized spacial score (nSPS) is 13.8. The predicted octanol–water partition coefficient (Wildman–Crippen LogP) is 4.49. The Morgan fingerprint density at radius 3 is 2.17 bits per heavy atom. The highest BCUT2D eigenvalue weighted by Gasteiger charge is 2.43. The molecular weight excluding hydrogens is 490 g/mol. The van der Waals surface area contributed by atoms with Crippen molar-refractivity contribution in [3.8, 4) is 0 Å². The zero-order chi connectivity index (χ0) is 25.9. The van der Waals surface area contributed by atoms with Crippen LogP contribution in [0.15, 0.2) is 53.6 Å². The first-order chi connectivity index (χ1) is 16.2. The predicted molar refractivity (Wildman–Crippen MR) is 133 cm³/mol. The first-order valence-corrected chi connectivity index (χ1v) is 12.6. The molecule has 1 aliphatic rings. The van der Waals surface area contributed by atoms with Gasteiger partial charge in [-0.3, -0.25) is 14.3 Å². The molecule has 0 radical (unpaired) electrons. The van der Waals surface area contributed by atoms with E-state index in [0.717, 1.165) is 10.5 Å². The zero-order valence-electron chi connectivity index (χ0n) is 19.8. The molecule has 1 aromatic heterocycles.